The average Bonchev–Trinajstić information content (AvgIpc) is 3.29. The second kappa shape index (κ2) is 20.1. The van der Waals surface area contributed by atoms with Crippen molar-refractivity contribution in [2.24, 2.45) is 0 Å². The van der Waals surface area contributed by atoms with E-state index < -0.39 is 110 Å². The van der Waals surface area contributed by atoms with E-state index >= 15 is 26.3 Å². The number of halogens is 12. The van der Waals surface area contributed by atoms with Crippen molar-refractivity contribution in [1.29, 1.82) is 0 Å². The Balaban J connectivity index is 1.22. The Bertz CT molecular complexity index is 3010. The van der Waals surface area contributed by atoms with Crippen LogP contribution in [0.1, 0.15) is 49.9 Å². The average molecular weight is 1030 g/mol. The van der Waals surface area contributed by atoms with Crippen molar-refractivity contribution in [1.82, 2.24) is 0 Å². The number of carbonyl (C=O) groups excluding carboxylic acids is 3. The van der Waals surface area contributed by atoms with Gasteiger partial charge in [0.1, 0.15) is 34.5 Å². The molecule has 0 spiro atoms. The molecule has 0 saturated heterocycles. The zero-order valence-corrected chi connectivity index (χ0v) is 37.9. The van der Waals surface area contributed by atoms with E-state index in [0.29, 0.717) is 60.7 Å². The van der Waals surface area contributed by atoms with Crippen LogP contribution in [0.4, 0.5) is 75.4 Å². The molecule has 12 nitrogen and oxygen atoms in total. The first-order valence-electron chi connectivity index (χ1n) is 20.8. The molecule has 0 fully saturated rings. The quantitative estimate of drug-likeness (QED) is 0.0354. The fraction of sp³-hybridized carbons (Fsp3) is 0.170. The van der Waals surface area contributed by atoms with Gasteiger partial charge in [-0.1, -0.05) is 24.3 Å². The molecule has 6 aromatic rings. The van der Waals surface area contributed by atoms with Crippen molar-refractivity contribution < 1.29 is 91.3 Å². The summed E-state index contributed by atoms with van der Waals surface area (Å²) in [6.45, 7) is 0.967. The number of phenols is 2. The van der Waals surface area contributed by atoms with Gasteiger partial charge in [0.05, 0.1) is 22.7 Å². The van der Waals surface area contributed by atoms with Gasteiger partial charge in [0.2, 0.25) is 16.7 Å². The number of benzene rings is 6. The lowest BCUT2D eigenvalue weighted by Crippen LogP contribution is -2.54. The normalized spacial score (nSPS) is 12.4. The lowest BCUT2D eigenvalue weighted by molar-refractivity contribution is -0.290. The van der Waals surface area contributed by atoms with E-state index in [-0.39, 0.29) is 34.1 Å². The summed E-state index contributed by atoms with van der Waals surface area (Å²) < 4.78 is 196. The molecule has 0 saturated carbocycles. The van der Waals surface area contributed by atoms with Gasteiger partial charge in [-0.05, 0) is 119 Å². The van der Waals surface area contributed by atoms with Crippen molar-refractivity contribution >= 4 is 56.6 Å². The number of nitrogens with one attached hydrogen (secondary N) is 4. The van der Waals surface area contributed by atoms with Gasteiger partial charge in [-0.2, -0.15) is 52.7 Å². The molecule has 0 unspecified atom stereocenters. The monoisotopic (exact) mass is 1030 g/mol. The summed E-state index contributed by atoms with van der Waals surface area (Å²) in [6.07, 6.45) is -24.3. The number of aromatic hydroxyl groups is 2. The molecule has 26 heteroatoms. The maximum absolute atomic E-state index is 15.0. The predicted octanol–water partition coefficient (Wildman–Crippen LogP) is 10.1. The number of alkyl halides is 12. The summed E-state index contributed by atoms with van der Waals surface area (Å²) in [5, 5.41) is 29.4. The topological polar surface area (TPSA) is 167 Å². The summed E-state index contributed by atoms with van der Waals surface area (Å²) in [4.78, 5) is 38.4. The fourth-order valence-electron chi connectivity index (χ4n) is 7.94. The van der Waals surface area contributed by atoms with Crippen LogP contribution in [0.5, 0.6) is 34.5 Å². The Labute approximate surface area is 407 Å². The molecule has 0 aliphatic rings. The third-order valence-electron chi connectivity index (χ3n) is 11.4. The number of hydrogen-bond donors (Lipinski definition) is 6. The third-order valence-corrected chi connectivity index (χ3v) is 11.4. The van der Waals surface area contributed by atoms with E-state index in [2.05, 4.69) is 21.3 Å². The molecule has 6 aromatic carbocycles. The van der Waals surface area contributed by atoms with Gasteiger partial charge >= 0.3 is 40.8 Å². The Kier molecular flexibility index (Phi) is 14.9. The number of rotatable bonds is 14. The number of anilines is 4. The Morgan fingerprint density at radius 2 is 0.767 bits per heavy atom. The highest BCUT2D eigenvalue weighted by molar-refractivity contribution is 6.07. The Hall–Kier alpha value is -8.18. The van der Waals surface area contributed by atoms with Crippen LogP contribution in [0.15, 0.2) is 121 Å². The number of carbonyl (C=O) groups is 3. The molecule has 0 heterocycles. The van der Waals surface area contributed by atoms with Crippen molar-refractivity contribution in [2.75, 3.05) is 28.3 Å². The predicted molar refractivity (Wildman–Crippen MR) is 246 cm³/mol. The smallest absolute Gasteiger partial charge is 0.411 e. The van der Waals surface area contributed by atoms with Crippen LogP contribution in [0, 0.1) is 0 Å². The molecule has 73 heavy (non-hydrogen) atoms. The third kappa shape index (κ3) is 10.3. The maximum Gasteiger partial charge on any atom is 0.411 e. The number of amides is 3. The number of phenolic OH excluding ortho intramolecular Hbond substituents is 2. The van der Waals surface area contributed by atoms with Crippen LogP contribution in [0.25, 0.3) is 0 Å². The molecule has 0 aliphatic heterocycles. The van der Waals surface area contributed by atoms with Crippen molar-refractivity contribution in [2.45, 2.75) is 42.5 Å². The summed E-state index contributed by atoms with van der Waals surface area (Å²) in [6, 6.07) is 16.0. The SMILES string of the molecule is BOc1ccc(C(c2ccc(O)c(NC(=O)c3ccc(Oc4ccc(C(=O)Nc5cc(C(c6ccc(O)c(NC)c6)(C(F)(F)F)C(F)(F)F)ccc5OB)cc4)cc3)c2)(C(F)(F)F)C(F)(F)F)cc1NC(C)=O. The molecule has 0 radical (unpaired) electrons. The van der Waals surface area contributed by atoms with Crippen molar-refractivity contribution in [3.05, 3.63) is 155 Å². The Morgan fingerprint density at radius 1 is 0.452 bits per heavy atom. The number of hydrogen-bond acceptors (Lipinski definition) is 9. The van der Waals surface area contributed by atoms with E-state index in [1.165, 1.54) is 43.4 Å². The molecule has 0 aliphatic carbocycles. The van der Waals surface area contributed by atoms with Crippen LogP contribution in [0.3, 0.4) is 0 Å². The van der Waals surface area contributed by atoms with Crippen molar-refractivity contribution in [3.8, 4) is 34.5 Å². The van der Waals surface area contributed by atoms with Gasteiger partial charge in [-0.15, -0.1) is 0 Å². The van der Waals surface area contributed by atoms with Gasteiger partial charge in [-0.25, -0.2) is 0 Å². The minimum Gasteiger partial charge on any atom is -0.566 e. The highest BCUT2D eigenvalue weighted by Gasteiger charge is 2.74. The van der Waals surface area contributed by atoms with Crippen LogP contribution < -0.4 is 35.3 Å². The summed E-state index contributed by atoms with van der Waals surface area (Å²) in [5.74, 6) is -4.98. The highest BCUT2D eigenvalue weighted by Crippen LogP contribution is 2.59. The van der Waals surface area contributed by atoms with E-state index in [0.717, 1.165) is 47.3 Å². The van der Waals surface area contributed by atoms with Gasteiger partial charge in [0.15, 0.2) is 0 Å². The molecule has 3 amide bonds. The van der Waals surface area contributed by atoms with Gasteiger partial charge < -0.3 is 45.5 Å². The van der Waals surface area contributed by atoms with Gasteiger partial charge in [0, 0.05) is 25.1 Å². The second-order valence-corrected chi connectivity index (χ2v) is 15.8. The maximum atomic E-state index is 15.0. The van der Waals surface area contributed by atoms with Gasteiger partial charge in [-0.3, -0.25) is 14.4 Å². The van der Waals surface area contributed by atoms with Crippen LogP contribution in [-0.2, 0) is 15.6 Å². The molecule has 0 aromatic heterocycles. The molecule has 6 N–H and O–H groups in total. The Morgan fingerprint density at radius 3 is 1.11 bits per heavy atom. The zero-order valence-electron chi connectivity index (χ0n) is 37.9. The van der Waals surface area contributed by atoms with E-state index in [4.69, 9.17) is 14.0 Å². The summed E-state index contributed by atoms with van der Waals surface area (Å²) in [5.41, 5.74) is -17.7. The first kappa shape index (κ1) is 54.2. The second-order valence-electron chi connectivity index (χ2n) is 15.8. The molecular weight excluding hydrogens is 998 g/mol. The first-order valence-corrected chi connectivity index (χ1v) is 20.8. The zero-order chi connectivity index (χ0) is 54.1. The fourth-order valence-corrected chi connectivity index (χ4v) is 7.94. The number of ether oxygens (including phenoxy) is 1. The van der Waals surface area contributed by atoms with Crippen molar-refractivity contribution in [3.63, 3.8) is 0 Å². The van der Waals surface area contributed by atoms with E-state index in [1.807, 2.05) is 0 Å². The molecule has 382 valence electrons. The molecule has 6 rings (SSSR count). The molecular formula is C47H36B2F12N4O8. The van der Waals surface area contributed by atoms with Crippen LogP contribution in [0.2, 0.25) is 0 Å². The van der Waals surface area contributed by atoms with Gasteiger partial charge in [0.25, 0.3) is 11.8 Å². The molecule has 0 bridgehead atoms. The standard InChI is InChI=1S/C47H36B2F12N4O8/c1-23(66)63-34-21-28(9-17-38(34)72-48)43(46(56,57)58,47(59,60)61)27-8-16-37(68)33(20-27)64-40(69)24-3-11-30(12-4-24)71-31-13-5-25(6-14-31)41(70)65-35-22-29(10-18-39(35)73-49)42(44(50,51)52,45(53,54)55)26-7-15-36(67)32(19-26)62-2/h3-22,62,67-68H,48-49H2,1-2H3,(H,63,66)(H,64,69)(H,65,70). The largest absolute Gasteiger partial charge is 0.566 e. The highest BCUT2D eigenvalue weighted by atomic mass is 19.4. The minimum atomic E-state index is -6.11. The molecule has 0 atom stereocenters. The first-order chi connectivity index (χ1) is 34.0. The van der Waals surface area contributed by atoms with E-state index in [1.54, 1.807) is 0 Å². The van der Waals surface area contributed by atoms with Crippen LogP contribution >= 0.6 is 0 Å². The lowest BCUT2D eigenvalue weighted by Gasteiger charge is -2.38. The lowest BCUT2D eigenvalue weighted by atomic mass is 9.72. The van der Waals surface area contributed by atoms with Crippen LogP contribution in [-0.4, -0.2) is 75.8 Å². The summed E-state index contributed by atoms with van der Waals surface area (Å²) in [7, 11) is 3.31. The summed E-state index contributed by atoms with van der Waals surface area (Å²) >= 11 is 0. The minimum absolute atomic E-state index is 0.0340. The van der Waals surface area contributed by atoms with E-state index in [9.17, 15) is 50.9 Å².